The molecule has 5 nitrogen and oxygen atoms in total. The van der Waals surface area contributed by atoms with Crippen molar-refractivity contribution in [3.8, 4) is 0 Å². The Morgan fingerprint density at radius 1 is 1.08 bits per heavy atom. The molecule has 1 fully saturated rings. The average molecular weight is 340 g/mol. The van der Waals surface area contributed by atoms with Crippen LogP contribution in [0.3, 0.4) is 0 Å². The number of barbiturate groups is 1. The van der Waals surface area contributed by atoms with Crippen LogP contribution in [-0.2, 0) is 16.0 Å². The Labute approximate surface area is 143 Å². The summed E-state index contributed by atoms with van der Waals surface area (Å²) < 4.78 is 0. The van der Waals surface area contributed by atoms with Crippen molar-refractivity contribution in [1.29, 1.82) is 0 Å². The van der Waals surface area contributed by atoms with E-state index in [9.17, 15) is 14.4 Å². The first kappa shape index (κ1) is 16.1. The molecule has 1 aliphatic heterocycles. The number of rotatable bonds is 3. The van der Waals surface area contributed by atoms with Gasteiger partial charge in [-0.15, -0.1) is 11.3 Å². The summed E-state index contributed by atoms with van der Waals surface area (Å²) in [5.41, 5.74) is 1.50. The first-order valence-electron chi connectivity index (χ1n) is 7.56. The number of nitrogens with zero attached hydrogens (tertiary/aromatic N) is 1. The van der Waals surface area contributed by atoms with Gasteiger partial charge in [-0.2, -0.15) is 0 Å². The van der Waals surface area contributed by atoms with Gasteiger partial charge in [-0.25, -0.2) is 9.69 Å². The summed E-state index contributed by atoms with van der Waals surface area (Å²) in [5, 5.41) is 2.23. The largest absolute Gasteiger partial charge is 0.335 e. The number of aryl methyl sites for hydroxylation is 2. The van der Waals surface area contributed by atoms with Gasteiger partial charge in [0.2, 0.25) is 0 Å². The van der Waals surface area contributed by atoms with Gasteiger partial charge in [-0.05, 0) is 49.2 Å². The summed E-state index contributed by atoms with van der Waals surface area (Å²) in [4.78, 5) is 39.7. The van der Waals surface area contributed by atoms with E-state index >= 15 is 0 Å². The fourth-order valence-electron chi connectivity index (χ4n) is 2.45. The van der Waals surface area contributed by atoms with Gasteiger partial charge < -0.3 is 0 Å². The Hall–Kier alpha value is -2.73. The number of amides is 4. The molecule has 2 heterocycles. The van der Waals surface area contributed by atoms with Gasteiger partial charge in [0, 0.05) is 9.75 Å². The second kappa shape index (κ2) is 6.41. The van der Waals surface area contributed by atoms with Crippen LogP contribution >= 0.6 is 11.3 Å². The molecule has 6 heteroatoms. The molecule has 1 saturated heterocycles. The van der Waals surface area contributed by atoms with Gasteiger partial charge in [0.15, 0.2) is 0 Å². The molecule has 0 radical (unpaired) electrons. The number of anilines is 1. The number of benzene rings is 1. The third-order valence-electron chi connectivity index (χ3n) is 3.75. The molecule has 0 saturated carbocycles. The second-order valence-corrected chi connectivity index (χ2v) is 6.75. The highest BCUT2D eigenvalue weighted by molar-refractivity contribution is 7.12. The maximum Gasteiger partial charge on any atom is 0.335 e. The second-order valence-electron chi connectivity index (χ2n) is 5.43. The first-order chi connectivity index (χ1) is 11.5. The summed E-state index contributed by atoms with van der Waals surface area (Å²) in [6.07, 6.45) is 2.39. The molecule has 0 atom stereocenters. The fraction of sp³-hybridized carbons (Fsp3) is 0.167. The van der Waals surface area contributed by atoms with E-state index in [2.05, 4.69) is 5.32 Å². The fourth-order valence-corrected chi connectivity index (χ4v) is 3.27. The molecule has 1 aromatic heterocycles. The molecule has 1 aliphatic rings. The van der Waals surface area contributed by atoms with Gasteiger partial charge in [0.1, 0.15) is 5.57 Å². The van der Waals surface area contributed by atoms with Crippen LogP contribution in [0.4, 0.5) is 10.5 Å². The van der Waals surface area contributed by atoms with Crippen molar-refractivity contribution in [2.45, 2.75) is 20.3 Å². The van der Waals surface area contributed by atoms with Crippen LogP contribution in [0.5, 0.6) is 0 Å². The Morgan fingerprint density at radius 3 is 2.38 bits per heavy atom. The van der Waals surface area contributed by atoms with Crippen LogP contribution in [0.25, 0.3) is 6.08 Å². The predicted molar refractivity (Wildman–Crippen MR) is 93.9 cm³/mol. The average Bonchev–Trinajstić information content (AvgIpc) is 2.97. The standard InChI is InChI=1S/C18H16N2O3S/c1-3-12-5-7-13(8-6-12)20-17(22)15(16(21)19-18(20)23)10-14-9-4-11(2)24-14/h4-10H,3H2,1-2H3,(H,19,21,23). The normalized spacial score (nSPS) is 16.7. The van der Waals surface area contributed by atoms with Crippen molar-refractivity contribution < 1.29 is 14.4 Å². The Balaban J connectivity index is 1.97. The minimum atomic E-state index is -0.728. The van der Waals surface area contributed by atoms with E-state index in [0.717, 1.165) is 26.6 Å². The van der Waals surface area contributed by atoms with Crippen LogP contribution in [0.1, 0.15) is 22.2 Å². The van der Waals surface area contributed by atoms with Gasteiger partial charge in [-0.1, -0.05) is 19.1 Å². The molecule has 1 aromatic carbocycles. The molecule has 0 unspecified atom stereocenters. The molecule has 0 bridgehead atoms. The van der Waals surface area contributed by atoms with Crippen molar-refractivity contribution >= 4 is 40.9 Å². The van der Waals surface area contributed by atoms with Crippen LogP contribution in [0.2, 0.25) is 0 Å². The van der Waals surface area contributed by atoms with Gasteiger partial charge in [-0.3, -0.25) is 14.9 Å². The van der Waals surface area contributed by atoms with E-state index in [-0.39, 0.29) is 5.57 Å². The number of thiophene rings is 1. The van der Waals surface area contributed by atoms with E-state index in [1.54, 1.807) is 12.1 Å². The zero-order valence-electron chi connectivity index (χ0n) is 13.3. The van der Waals surface area contributed by atoms with Crippen molar-refractivity contribution in [1.82, 2.24) is 5.32 Å². The van der Waals surface area contributed by atoms with E-state index in [4.69, 9.17) is 0 Å². The molecule has 1 N–H and O–H groups in total. The molecule has 2 aromatic rings. The maximum absolute atomic E-state index is 12.7. The summed E-state index contributed by atoms with van der Waals surface area (Å²) in [7, 11) is 0. The van der Waals surface area contributed by atoms with E-state index in [1.165, 1.54) is 17.4 Å². The molecule has 0 spiro atoms. The summed E-state index contributed by atoms with van der Waals surface area (Å²) in [6, 6.07) is 10.2. The minimum Gasteiger partial charge on any atom is -0.273 e. The van der Waals surface area contributed by atoms with Crippen LogP contribution in [0.15, 0.2) is 42.0 Å². The van der Waals surface area contributed by atoms with Crippen LogP contribution < -0.4 is 10.2 Å². The molecular formula is C18H16N2O3S. The topological polar surface area (TPSA) is 66.5 Å². The molecule has 0 aliphatic carbocycles. The molecule has 122 valence electrons. The van der Waals surface area contributed by atoms with Crippen LogP contribution in [0, 0.1) is 6.92 Å². The number of carbonyl (C=O) groups is 3. The lowest BCUT2D eigenvalue weighted by atomic mass is 10.1. The highest BCUT2D eigenvalue weighted by Crippen LogP contribution is 2.24. The Morgan fingerprint density at radius 2 is 1.79 bits per heavy atom. The lowest BCUT2D eigenvalue weighted by Gasteiger charge is -2.26. The summed E-state index contributed by atoms with van der Waals surface area (Å²) >= 11 is 1.48. The van der Waals surface area contributed by atoms with Crippen molar-refractivity contribution in [2.24, 2.45) is 0 Å². The molecular weight excluding hydrogens is 324 g/mol. The quantitative estimate of drug-likeness (QED) is 0.689. The van der Waals surface area contributed by atoms with Crippen LogP contribution in [-0.4, -0.2) is 17.8 Å². The SMILES string of the molecule is CCc1ccc(N2C(=O)NC(=O)C(=Cc3ccc(C)s3)C2=O)cc1. The third-order valence-corrected chi connectivity index (χ3v) is 4.70. The van der Waals surface area contributed by atoms with Crippen molar-refractivity contribution in [2.75, 3.05) is 4.90 Å². The number of imide groups is 2. The van der Waals surface area contributed by atoms with E-state index in [0.29, 0.717) is 5.69 Å². The minimum absolute atomic E-state index is 0.0454. The smallest absolute Gasteiger partial charge is 0.273 e. The molecule has 3 rings (SSSR count). The highest BCUT2D eigenvalue weighted by atomic mass is 32.1. The van der Waals surface area contributed by atoms with Crippen molar-refractivity contribution in [3.05, 3.63) is 57.3 Å². The number of nitrogens with one attached hydrogen (secondary N) is 1. The Bertz CT molecular complexity index is 849. The number of hydrogen-bond acceptors (Lipinski definition) is 4. The molecule has 4 amide bonds. The lowest BCUT2D eigenvalue weighted by molar-refractivity contribution is -0.122. The lowest BCUT2D eigenvalue weighted by Crippen LogP contribution is -2.54. The highest BCUT2D eigenvalue weighted by Gasteiger charge is 2.36. The summed E-state index contributed by atoms with van der Waals surface area (Å²) in [5.74, 6) is -1.28. The zero-order chi connectivity index (χ0) is 17.3. The number of hydrogen-bond donors (Lipinski definition) is 1. The van der Waals surface area contributed by atoms with Gasteiger partial charge in [0.25, 0.3) is 11.8 Å². The predicted octanol–water partition coefficient (Wildman–Crippen LogP) is 3.29. The summed E-state index contributed by atoms with van der Waals surface area (Å²) in [6.45, 7) is 3.97. The number of urea groups is 1. The van der Waals surface area contributed by atoms with Crippen molar-refractivity contribution in [3.63, 3.8) is 0 Å². The zero-order valence-corrected chi connectivity index (χ0v) is 14.1. The molecule has 24 heavy (non-hydrogen) atoms. The van der Waals surface area contributed by atoms with E-state index in [1.807, 2.05) is 38.1 Å². The van der Waals surface area contributed by atoms with Gasteiger partial charge >= 0.3 is 6.03 Å². The first-order valence-corrected chi connectivity index (χ1v) is 8.38. The van der Waals surface area contributed by atoms with E-state index < -0.39 is 17.8 Å². The van der Waals surface area contributed by atoms with Gasteiger partial charge in [0.05, 0.1) is 5.69 Å². The number of carbonyl (C=O) groups excluding carboxylic acids is 3. The monoisotopic (exact) mass is 340 g/mol. The Kier molecular flexibility index (Phi) is 4.31. The maximum atomic E-state index is 12.7. The third kappa shape index (κ3) is 3.00.